The van der Waals surface area contributed by atoms with E-state index in [1.165, 1.54) is 5.56 Å². The number of nitrogens with zero attached hydrogens (tertiary/aromatic N) is 1. The molecule has 0 atom stereocenters. The molecule has 3 heteroatoms. The molecule has 0 saturated heterocycles. The molecule has 3 rings (SSSR count). The molecule has 0 aliphatic carbocycles. The van der Waals surface area contributed by atoms with Crippen molar-refractivity contribution in [2.45, 2.75) is 33.6 Å². The number of amides is 1. The third-order valence-electron chi connectivity index (χ3n) is 4.82. The van der Waals surface area contributed by atoms with Crippen molar-refractivity contribution in [3.05, 3.63) is 78.0 Å². The highest BCUT2D eigenvalue weighted by molar-refractivity contribution is 6.02. The van der Waals surface area contributed by atoms with Crippen LogP contribution in [0.1, 0.15) is 38.3 Å². The molecule has 0 unspecified atom stereocenters. The predicted octanol–water partition coefficient (Wildman–Crippen LogP) is 5.87. The number of hydrogen-bond acceptors (Lipinski definition) is 2. The van der Waals surface area contributed by atoms with Gasteiger partial charge in [-0.2, -0.15) is 0 Å². The number of aromatic nitrogens is 1. The van der Waals surface area contributed by atoms with Crippen LogP contribution >= 0.6 is 0 Å². The van der Waals surface area contributed by atoms with Gasteiger partial charge in [-0.3, -0.25) is 9.78 Å². The molecule has 1 aromatic heterocycles. The van der Waals surface area contributed by atoms with Gasteiger partial charge in [-0.25, -0.2) is 0 Å². The summed E-state index contributed by atoms with van der Waals surface area (Å²) in [5.74, 6) is -0.00775. The first-order valence-corrected chi connectivity index (χ1v) is 9.40. The van der Waals surface area contributed by atoms with Crippen LogP contribution in [0.15, 0.2) is 66.9 Å². The summed E-state index contributed by atoms with van der Waals surface area (Å²) in [6.07, 6.45) is 7.60. The van der Waals surface area contributed by atoms with Gasteiger partial charge in [-0.05, 0) is 36.1 Å². The van der Waals surface area contributed by atoms with Crippen LogP contribution in [-0.2, 0) is 11.2 Å². The zero-order chi connectivity index (χ0) is 19.3. The SMILES string of the molecule is CCc1ccc(/C=C/CC(C)(C)C(=O)Nc2cccc3cccnc23)cc1. The number of carbonyl (C=O) groups excluding carboxylic acids is 1. The Balaban J connectivity index is 1.68. The van der Waals surface area contributed by atoms with Gasteiger partial charge in [0.15, 0.2) is 0 Å². The largest absolute Gasteiger partial charge is 0.324 e. The van der Waals surface area contributed by atoms with E-state index in [0.717, 1.165) is 28.6 Å². The molecule has 2 aromatic carbocycles. The second-order valence-electron chi connectivity index (χ2n) is 7.42. The lowest BCUT2D eigenvalue weighted by Gasteiger charge is -2.22. The molecule has 0 bridgehead atoms. The standard InChI is InChI=1S/C24H26N2O/c1-4-18-12-14-19(15-13-18)8-6-16-24(2,3)23(27)26-21-11-5-9-20-10-7-17-25-22(20)21/h5-15,17H,4,16H2,1-3H3,(H,26,27)/b8-6+. The van der Waals surface area contributed by atoms with E-state index in [1.807, 2.05) is 44.2 Å². The summed E-state index contributed by atoms with van der Waals surface area (Å²) in [4.78, 5) is 17.2. The smallest absolute Gasteiger partial charge is 0.230 e. The molecule has 0 aliphatic rings. The summed E-state index contributed by atoms with van der Waals surface area (Å²) in [5, 5.41) is 4.07. The fourth-order valence-corrected chi connectivity index (χ4v) is 2.94. The van der Waals surface area contributed by atoms with Crippen molar-refractivity contribution in [3.63, 3.8) is 0 Å². The highest BCUT2D eigenvalue weighted by atomic mass is 16.2. The first-order chi connectivity index (χ1) is 13.0. The van der Waals surface area contributed by atoms with E-state index in [2.05, 4.69) is 53.6 Å². The van der Waals surface area contributed by atoms with Gasteiger partial charge in [0.25, 0.3) is 0 Å². The van der Waals surface area contributed by atoms with Crippen molar-refractivity contribution in [2.24, 2.45) is 5.41 Å². The minimum absolute atomic E-state index is 0.00775. The molecule has 0 aliphatic heterocycles. The van der Waals surface area contributed by atoms with Crippen molar-refractivity contribution < 1.29 is 4.79 Å². The molecule has 138 valence electrons. The van der Waals surface area contributed by atoms with E-state index in [-0.39, 0.29) is 5.91 Å². The summed E-state index contributed by atoms with van der Waals surface area (Å²) in [7, 11) is 0. The molecule has 1 N–H and O–H groups in total. The Morgan fingerprint density at radius 1 is 1.07 bits per heavy atom. The van der Waals surface area contributed by atoms with Crippen molar-refractivity contribution in [2.75, 3.05) is 5.32 Å². The van der Waals surface area contributed by atoms with Crippen molar-refractivity contribution in [3.8, 4) is 0 Å². The van der Waals surface area contributed by atoms with E-state index in [9.17, 15) is 4.79 Å². The molecule has 0 fully saturated rings. The lowest BCUT2D eigenvalue weighted by molar-refractivity contribution is -0.123. The number of nitrogens with one attached hydrogen (secondary N) is 1. The van der Waals surface area contributed by atoms with Crippen molar-refractivity contribution in [1.29, 1.82) is 0 Å². The van der Waals surface area contributed by atoms with Crippen LogP contribution in [0, 0.1) is 5.41 Å². The number of pyridine rings is 1. The summed E-state index contributed by atoms with van der Waals surface area (Å²) in [5.41, 5.74) is 3.54. The molecule has 3 nitrogen and oxygen atoms in total. The Kier molecular flexibility index (Phi) is 5.70. The van der Waals surface area contributed by atoms with Crippen LogP contribution in [0.4, 0.5) is 5.69 Å². The summed E-state index contributed by atoms with van der Waals surface area (Å²) in [6, 6.07) is 18.2. The van der Waals surface area contributed by atoms with Gasteiger partial charge in [-0.15, -0.1) is 0 Å². The predicted molar refractivity (Wildman–Crippen MR) is 114 cm³/mol. The minimum Gasteiger partial charge on any atom is -0.324 e. The third kappa shape index (κ3) is 4.62. The van der Waals surface area contributed by atoms with E-state index in [1.54, 1.807) is 6.20 Å². The van der Waals surface area contributed by atoms with Crippen LogP contribution in [0.3, 0.4) is 0 Å². The Bertz CT molecular complexity index is 950. The van der Waals surface area contributed by atoms with Crippen LogP contribution in [-0.4, -0.2) is 10.9 Å². The Morgan fingerprint density at radius 3 is 2.56 bits per heavy atom. The lowest BCUT2D eigenvalue weighted by Crippen LogP contribution is -2.30. The molecule has 1 amide bonds. The Hall–Kier alpha value is -2.94. The fourth-order valence-electron chi connectivity index (χ4n) is 2.94. The first-order valence-electron chi connectivity index (χ1n) is 9.40. The number of anilines is 1. The van der Waals surface area contributed by atoms with Crippen molar-refractivity contribution >= 4 is 28.6 Å². The van der Waals surface area contributed by atoms with Gasteiger partial charge >= 0.3 is 0 Å². The minimum atomic E-state index is -0.517. The number of para-hydroxylation sites is 1. The van der Waals surface area contributed by atoms with Gasteiger partial charge < -0.3 is 5.32 Å². The highest BCUT2D eigenvalue weighted by Crippen LogP contribution is 2.27. The summed E-state index contributed by atoms with van der Waals surface area (Å²) < 4.78 is 0. The molecule has 1 heterocycles. The number of fused-ring (bicyclic) bond motifs is 1. The van der Waals surface area contributed by atoms with Gasteiger partial charge in [0.2, 0.25) is 5.91 Å². The number of benzene rings is 2. The maximum Gasteiger partial charge on any atom is 0.230 e. The van der Waals surface area contributed by atoms with Crippen LogP contribution in [0.2, 0.25) is 0 Å². The highest BCUT2D eigenvalue weighted by Gasteiger charge is 2.26. The van der Waals surface area contributed by atoms with Gasteiger partial charge in [0.05, 0.1) is 11.2 Å². The first kappa shape index (κ1) is 18.8. The Morgan fingerprint density at radius 2 is 1.81 bits per heavy atom. The zero-order valence-corrected chi connectivity index (χ0v) is 16.2. The number of allylic oxidation sites excluding steroid dienone is 1. The van der Waals surface area contributed by atoms with Gasteiger partial charge in [-0.1, -0.05) is 75.4 Å². The topological polar surface area (TPSA) is 42.0 Å². The molecular weight excluding hydrogens is 332 g/mol. The molecule has 27 heavy (non-hydrogen) atoms. The Labute approximate surface area is 161 Å². The third-order valence-corrected chi connectivity index (χ3v) is 4.82. The second-order valence-corrected chi connectivity index (χ2v) is 7.42. The monoisotopic (exact) mass is 358 g/mol. The van der Waals surface area contributed by atoms with Gasteiger partial charge in [0.1, 0.15) is 0 Å². The normalized spacial score (nSPS) is 11.8. The fraction of sp³-hybridized carbons (Fsp3) is 0.250. The lowest BCUT2D eigenvalue weighted by atomic mass is 9.87. The zero-order valence-electron chi connectivity index (χ0n) is 16.2. The van der Waals surface area contributed by atoms with Crippen LogP contribution < -0.4 is 5.32 Å². The number of aryl methyl sites for hydroxylation is 1. The van der Waals surface area contributed by atoms with E-state index in [4.69, 9.17) is 0 Å². The molecule has 0 spiro atoms. The van der Waals surface area contributed by atoms with Gasteiger partial charge in [0, 0.05) is 17.0 Å². The summed E-state index contributed by atoms with van der Waals surface area (Å²) in [6.45, 7) is 6.08. The number of carbonyl (C=O) groups is 1. The quantitative estimate of drug-likeness (QED) is 0.599. The van der Waals surface area contributed by atoms with Crippen molar-refractivity contribution in [1.82, 2.24) is 4.98 Å². The maximum absolute atomic E-state index is 12.8. The van der Waals surface area contributed by atoms with E-state index >= 15 is 0 Å². The van der Waals surface area contributed by atoms with E-state index < -0.39 is 5.41 Å². The molecule has 3 aromatic rings. The molecule has 0 saturated carbocycles. The molecule has 0 radical (unpaired) electrons. The number of rotatable bonds is 6. The average Bonchev–Trinajstić information content (AvgIpc) is 2.68. The number of hydrogen-bond donors (Lipinski definition) is 1. The summed E-state index contributed by atoms with van der Waals surface area (Å²) >= 11 is 0. The average molecular weight is 358 g/mol. The van der Waals surface area contributed by atoms with Crippen LogP contribution in [0.5, 0.6) is 0 Å². The maximum atomic E-state index is 12.8. The van der Waals surface area contributed by atoms with Crippen LogP contribution in [0.25, 0.3) is 17.0 Å². The second kappa shape index (κ2) is 8.17. The molecular formula is C24H26N2O. The van der Waals surface area contributed by atoms with E-state index in [0.29, 0.717) is 6.42 Å².